The highest BCUT2D eigenvalue weighted by Gasteiger charge is 2.53. The van der Waals surface area contributed by atoms with Crippen molar-refractivity contribution >= 4 is 11.8 Å². The van der Waals surface area contributed by atoms with Gasteiger partial charge in [0, 0.05) is 17.5 Å². The Hall–Kier alpha value is 0.270. The lowest BCUT2D eigenvalue weighted by molar-refractivity contribution is -0.0629. The van der Waals surface area contributed by atoms with Crippen LogP contribution in [0.3, 0.4) is 0 Å². The lowest BCUT2D eigenvalue weighted by atomic mass is 9.48. The molecule has 4 saturated carbocycles. The molecule has 0 spiro atoms. The molecular formula is C14H25NOS. The Balaban J connectivity index is 1.64. The summed E-state index contributed by atoms with van der Waals surface area (Å²) >= 11 is 1.84. The van der Waals surface area contributed by atoms with Crippen LogP contribution in [-0.2, 0) is 0 Å². The Bertz CT molecular complexity index is 246. The normalized spacial score (nSPS) is 45.2. The summed E-state index contributed by atoms with van der Waals surface area (Å²) < 4.78 is 0. The molecule has 4 aliphatic rings. The van der Waals surface area contributed by atoms with Gasteiger partial charge in [0.1, 0.15) is 0 Å². The summed E-state index contributed by atoms with van der Waals surface area (Å²) in [5.74, 6) is 4.88. The van der Waals surface area contributed by atoms with Gasteiger partial charge in [-0.15, -0.1) is 0 Å². The molecule has 0 amide bonds. The van der Waals surface area contributed by atoms with E-state index in [0.717, 1.165) is 29.3 Å². The van der Waals surface area contributed by atoms with Gasteiger partial charge in [-0.3, -0.25) is 0 Å². The van der Waals surface area contributed by atoms with Crippen molar-refractivity contribution in [1.29, 1.82) is 0 Å². The van der Waals surface area contributed by atoms with Gasteiger partial charge in [0.25, 0.3) is 0 Å². The Kier molecular flexibility index (Phi) is 3.44. The van der Waals surface area contributed by atoms with Crippen molar-refractivity contribution in [2.45, 2.75) is 44.6 Å². The van der Waals surface area contributed by atoms with Crippen LogP contribution in [0, 0.1) is 23.2 Å². The molecule has 4 aliphatic carbocycles. The second kappa shape index (κ2) is 4.75. The first-order valence-electron chi connectivity index (χ1n) is 7.16. The monoisotopic (exact) mass is 255 g/mol. The van der Waals surface area contributed by atoms with Gasteiger partial charge < -0.3 is 10.8 Å². The van der Waals surface area contributed by atoms with Gasteiger partial charge >= 0.3 is 0 Å². The van der Waals surface area contributed by atoms with Crippen molar-refractivity contribution in [1.82, 2.24) is 0 Å². The summed E-state index contributed by atoms with van der Waals surface area (Å²) in [5.41, 5.74) is 6.99. The molecule has 0 aromatic rings. The lowest BCUT2D eigenvalue weighted by Crippen LogP contribution is -2.55. The van der Waals surface area contributed by atoms with E-state index in [1.165, 1.54) is 38.5 Å². The summed E-state index contributed by atoms with van der Waals surface area (Å²) in [6.45, 7) is 0.290. The zero-order valence-corrected chi connectivity index (χ0v) is 11.4. The van der Waals surface area contributed by atoms with Crippen LogP contribution in [0.25, 0.3) is 0 Å². The van der Waals surface area contributed by atoms with Gasteiger partial charge in [-0.2, -0.15) is 11.8 Å². The van der Waals surface area contributed by atoms with E-state index in [-0.39, 0.29) is 6.61 Å². The molecule has 4 rings (SSSR count). The molecule has 0 aromatic heterocycles. The van der Waals surface area contributed by atoms with Gasteiger partial charge in [-0.05, 0) is 61.7 Å². The van der Waals surface area contributed by atoms with Crippen molar-refractivity contribution in [3.05, 3.63) is 0 Å². The van der Waals surface area contributed by atoms with E-state index in [1.807, 2.05) is 11.8 Å². The SMILES string of the molecule is NC(CSCCO)C12CC3CC(CC(C3)C1)C2. The van der Waals surface area contributed by atoms with E-state index in [1.54, 1.807) is 0 Å². The first-order valence-corrected chi connectivity index (χ1v) is 8.31. The standard InChI is InChI=1S/C14H25NOS/c15-13(9-17-2-1-16)14-6-10-3-11(7-14)5-12(4-10)8-14/h10-13,16H,1-9,15H2. The molecule has 1 atom stereocenters. The molecule has 17 heavy (non-hydrogen) atoms. The highest BCUT2D eigenvalue weighted by Crippen LogP contribution is 2.61. The Morgan fingerprint density at radius 2 is 1.65 bits per heavy atom. The zero-order valence-electron chi connectivity index (χ0n) is 10.6. The molecule has 3 heteroatoms. The van der Waals surface area contributed by atoms with E-state index in [0.29, 0.717) is 11.5 Å². The fourth-order valence-electron chi connectivity index (χ4n) is 5.08. The number of hydrogen-bond donors (Lipinski definition) is 2. The maximum atomic E-state index is 8.85. The topological polar surface area (TPSA) is 46.2 Å². The van der Waals surface area contributed by atoms with E-state index >= 15 is 0 Å². The molecule has 0 radical (unpaired) electrons. The highest BCUT2D eigenvalue weighted by molar-refractivity contribution is 7.99. The van der Waals surface area contributed by atoms with Crippen LogP contribution in [0.4, 0.5) is 0 Å². The van der Waals surface area contributed by atoms with Crippen LogP contribution in [0.1, 0.15) is 38.5 Å². The Labute approximate surface area is 109 Å². The van der Waals surface area contributed by atoms with Crippen LogP contribution >= 0.6 is 11.8 Å². The summed E-state index contributed by atoms with van der Waals surface area (Å²) in [7, 11) is 0. The maximum absolute atomic E-state index is 8.85. The summed E-state index contributed by atoms with van der Waals surface area (Å²) in [6.07, 6.45) is 8.70. The Morgan fingerprint density at radius 1 is 1.12 bits per heavy atom. The van der Waals surface area contributed by atoms with Gasteiger partial charge in [0.05, 0.1) is 6.61 Å². The fourth-order valence-corrected chi connectivity index (χ4v) is 5.99. The second-order valence-corrected chi connectivity index (χ2v) is 7.83. The van der Waals surface area contributed by atoms with Gasteiger partial charge in [-0.25, -0.2) is 0 Å². The first kappa shape index (κ1) is 12.3. The largest absolute Gasteiger partial charge is 0.396 e. The molecule has 1 unspecified atom stereocenters. The second-order valence-electron chi connectivity index (χ2n) is 6.68. The number of aliphatic hydroxyl groups is 1. The van der Waals surface area contributed by atoms with Crippen LogP contribution in [0.2, 0.25) is 0 Å². The zero-order chi connectivity index (χ0) is 11.9. The van der Waals surface area contributed by atoms with Crippen molar-refractivity contribution in [2.24, 2.45) is 28.9 Å². The average Bonchev–Trinajstić information content (AvgIpc) is 2.27. The lowest BCUT2D eigenvalue weighted by Gasteiger charge is -2.59. The molecule has 98 valence electrons. The van der Waals surface area contributed by atoms with Gasteiger partial charge in [0.2, 0.25) is 0 Å². The summed E-state index contributed by atoms with van der Waals surface area (Å²) in [5, 5.41) is 8.85. The molecule has 4 fully saturated rings. The number of hydrogen-bond acceptors (Lipinski definition) is 3. The molecule has 0 aliphatic heterocycles. The van der Waals surface area contributed by atoms with Crippen LogP contribution in [-0.4, -0.2) is 29.3 Å². The minimum Gasteiger partial charge on any atom is -0.396 e. The molecule has 0 saturated heterocycles. The third-order valence-electron chi connectivity index (χ3n) is 5.41. The van der Waals surface area contributed by atoms with E-state index in [4.69, 9.17) is 10.8 Å². The molecule has 0 heterocycles. The summed E-state index contributed by atoms with van der Waals surface area (Å²) in [4.78, 5) is 0. The number of nitrogens with two attached hydrogens (primary N) is 1. The average molecular weight is 255 g/mol. The minimum atomic E-state index is 0.290. The van der Waals surface area contributed by atoms with Crippen LogP contribution < -0.4 is 5.73 Å². The Morgan fingerprint density at radius 3 is 2.12 bits per heavy atom. The quantitative estimate of drug-likeness (QED) is 0.741. The van der Waals surface area contributed by atoms with Crippen molar-refractivity contribution in [2.75, 3.05) is 18.1 Å². The predicted molar refractivity (Wildman–Crippen MR) is 73.0 cm³/mol. The smallest absolute Gasteiger partial charge is 0.0521 e. The van der Waals surface area contributed by atoms with Crippen molar-refractivity contribution in [3.63, 3.8) is 0 Å². The number of rotatable bonds is 5. The van der Waals surface area contributed by atoms with E-state index < -0.39 is 0 Å². The molecular weight excluding hydrogens is 230 g/mol. The number of aliphatic hydroxyl groups excluding tert-OH is 1. The van der Waals surface area contributed by atoms with Gasteiger partial charge in [-0.1, -0.05) is 0 Å². The fraction of sp³-hybridized carbons (Fsp3) is 1.00. The molecule has 0 aromatic carbocycles. The highest BCUT2D eigenvalue weighted by atomic mass is 32.2. The summed E-state index contributed by atoms with van der Waals surface area (Å²) in [6, 6.07) is 0.368. The first-order chi connectivity index (χ1) is 8.22. The minimum absolute atomic E-state index is 0.290. The third kappa shape index (κ3) is 2.26. The number of thioether (sulfide) groups is 1. The van der Waals surface area contributed by atoms with Crippen LogP contribution in [0.5, 0.6) is 0 Å². The van der Waals surface area contributed by atoms with Crippen molar-refractivity contribution in [3.8, 4) is 0 Å². The molecule has 3 N–H and O–H groups in total. The third-order valence-corrected chi connectivity index (χ3v) is 6.47. The molecule has 4 bridgehead atoms. The van der Waals surface area contributed by atoms with Gasteiger partial charge in [0.15, 0.2) is 0 Å². The van der Waals surface area contributed by atoms with E-state index in [9.17, 15) is 0 Å². The van der Waals surface area contributed by atoms with Crippen LogP contribution in [0.15, 0.2) is 0 Å². The molecule has 2 nitrogen and oxygen atoms in total. The maximum Gasteiger partial charge on any atom is 0.0521 e. The van der Waals surface area contributed by atoms with E-state index in [2.05, 4.69) is 0 Å². The van der Waals surface area contributed by atoms with Crippen molar-refractivity contribution < 1.29 is 5.11 Å². The predicted octanol–water partition coefficient (Wildman–Crippen LogP) is 2.26.